The highest BCUT2D eigenvalue weighted by Crippen LogP contribution is 2.17. The Bertz CT molecular complexity index is 761. The summed E-state index contributed by atoms with van der Waals surface area (Å²) in [6, 6.07) is 17.0. The zero-order chi connectivity index (χ0) is 21.1. The van der Waals surface area contributed by atoms with Crippen LogP contribution in [0.2, 0.25) is 0 Å². The molecule has 0 saturated carbocycles. The van der Waals surface area contributed by atoms with Crippen molar-refractivity contribution in [3.63, 3.8) is 0 Å². The highest BCUT2D eigenvalue weighted by Gasteiger charge is 2.19. The molecule has 29 heavy (non-hydrogen) atoms. The Morgan fingerprint density at radius 3 is 2.17 bits per heavy atom. The summed E-state index contributed by atoms with van der Waals surface area (Å²) in [5.41, 5.74) is 1.22. The molecule has 1 amide bonds. The number of hydrogen-bond donors (Lipinski definition) is 1. The van der Waals surface area contributed by atoms with Gasteiger partial charge in [-0.2, -0.15) is 0 Å². The van der Waals surface area contributed by atoms with Crippen molar-refractivity contribution >= 4 is 11.9 Å². The van der Waals surface area contributed by atoms with Crippen molar-refractivity contribution in [1.82, 2.24) is 5.32 Å². The van der Waals surface area contributed by atoms with E-state index < -0.39 is 12.1 Å². The van der Waals surface area contributed by atoms with Crippen LogP contribution in [0.15, 0.2) is 54.6 Å². The molecule has 2 rings (SSSR count). The van der Waals surface area contributed by atoms with Gasteiger partial charge < -0.3 is 19.5 Å². The molecule has 2 atom stereocenters. The summed E-state index contributed by atoms with van der Waals surface area (Å²) in [6.07, 6.45) is 0.787. The van der Waals surface area contributed by atoms with E-state index in [1.807, 2.05) is 32.0 Å². The zero-order valence-corrected chi connectivity index (χ0v) is 17.2. The number of aryl methyl sites for hydroxylation is 1. The van der Waals surface area contributed by atoms with Crippen LogP contribution in [0.4, 0.5) is 0 Å². The van der Waals surface area contributed by atoms with Crippen molar-refractivity contribution in [3.05, 3.63) is 60.2 Å². The topological polar surface area (TPSA) is 73.9 Å². The number of nitrogens with one attached hydrogen (secondary N) is 1. The second-order valence-corrected chi connectivity index (χ2v) is 6.76. The summed E-state index contributed by atoms with van der Waals surface area (Å²) in [5.74, 6) is 0.338. The van der Waals surface area contributed by atoms with Gasteiger partial charge in [0.2, 0.25) is 0 Å². The second kappa shape index (κ2) is 11.7. The molecule has 0 aliphatic heterocycles. The lowest BCUT2D eigenvalue weighted by molar-refractivity contribution is -0.156. The van der Waals surface area contributed by atoms with E-state index in [0.717, 1.165) is 18.6 Å². The molecule has 0 unspecified atom stereocenters. The minimum absolute atomic E-state index is 0.0241. The monoisotopic (exact) mass is 399 g/mol. The minimum atomic E-state index is -0.884. The smallest absolute Gasteiger partial charge is 0.344 e. The number of ether oxygens (including phenoxy) is 3. The molecular weight excluding hydrogens is 370 g/mol. The van der Waals surface area contributed by atoms with Gasteiger partial charge in [-0.05, 0) is 63.4 Å². The van der Waals surface area contributed by atoms with Crippen LogP contribution in [-0.2, 0) is 20.7 Å². The first-order chi connectivity index (χ1) is 14.0. The third-order valence-electron chi connectivity index (χ3n) is 4.27. The summed E-state index contributed by atoms with van der Waals surface area (Å²) in [6.45, 7) is 5.70. The van der Waals surface area contributed by atoms with E-state index in [4.69, 9.17) is 14.2 Å². The van der Waals surface area contributed by atoms with Crippen LogP contribution in [0.3, 0.4) is 0 Å². The summed E-state index contributed by atoms with van der Waals surface area (Å²) >= 11 is 0. The molecule has 0 aliphatic rings. The lowest BCUT2D eigenvalue weighted by Crippen LogP contribution is -2.41. The average Bonchev–Trinajstić information content (AvgIpc) is 2.72. The molecule has 0 bridgehead atoms. The number of hydrogen-bond acceptors (Lipinski definition) is 5. The summed E-state index contributed by atoms with van der Waals surface area (Å²) in [5, 5.41) is 2.88. The van der Waals surface area contributed by atoms with Crippen molar-refractivity contribution in [2.75, 3.05) is 13.2 Å². The first-order valence-electron chi connectivity index (χ1n) is 9.87. The van der Waals surface area contributed by atoms with E-state index in [-0.39, 0.29) is 18.6 Å². The fourth-order valence-electron chi connectivity index (χ4n) is 2.69. The standard InChI is InChI=1S/C23H29NO5/c1-4-27-20-12-14-21(15-13-20)28-16-22(25)29-18(3)23(26)24-17(2)10-11-19-8-6-5-7-9-19/h5-9,12-15,17-18H,4,10-11,16H2,1-3H3,(H,24,26)/t17-,18-/m1/s1. The molecule has 0 spiro atoms. The van der Waals surface area contributed by atoms with Crippen LogP contribution in [-0.4, -0.2) is 37.2 Å². The summed E-state index contributed by atoms with van der Waals surface area (Å²) in [4.78, 5) is 24.2. The SMILES string of the molecule is CCOc1ccc(OCC(=O)O[C@H](C)C(=O)N[C@H](C)CCc2ccccc2)cc1. The van der Waals surface area contributed by atoms with E-state index in [2.05, 4.69) is 17.4 Å². The van der Waals surface area contributed by atoms with Crippen LogP contribution in [0.1, 0.15) is 32.8 Å². The van der Waals surface area contributed by atoms with Crippen molar-refractivity contribution in [1.29, 1.82) is 0 Å². The molecule has 2 aromatic carbocycles. The van der Waals surface area contributed by atoms with Gasteiger partial charge in [-0.3, -0.25) is 4.79 Å². The number of amides is 1. The molecule has 0 aromatic heterocycles. The molecule has 0 aliphatic carbocycles. The normalized spacial score (nSPS) is 12.5. The van der Waals surface area contributed by atoms with Gasteiger partial charge in [0.25, 0.3) is 5.91 Å². The molecular formula is C23H29NO5. The zero-order valence-electron chi connectivity index (χ0n) is 17.2. The summed E-state index contributed by atoms with van der Waals surface area (Å²) < 4.78 is 15.9. The van der Waals surface area contributed by atoms with Gasteiger partial charge in [-0.25, -0.2) is 4.79 Å². The Balaban J connectivity index is 1.68. The number of carbonyl (C=O) groups is 2. The maximum atomic E-state index is 12.2. The minimum Gasteiger partial charge on any atom is -0.494 e. The van der Waals surface area contributed by atoms with Gasteiger partial charge in [-0.15, -0.1) is 0 Å². The maximum Gasteiger partial charge on any atom is 0.344 e. The van der Waals surface area contributed by atoms with Gasteiger partial charge in [-0.1, -0.05) is 30.3 Å². The van der Waals surface area contributed by atoms with E-state index in [9.17, 15) is 9.59 Å². The van der Waals surface area contributed by atoms with E-state index in [0.29, 0.717) is 12.4 Å². The number of esters is 1. The molecule has 0 radical (unpaired) electrons. The third kappa shape index (κ3) is 8.25. The first kappa shape index (κ1) is 22.3. The Kier molecular flexibility index (Phi) is 9.02. The van der Waals surface area contributed by atoms with Crippen LogP contribution >= 0.6 is 0 Å². The molecule has 2 aromatic rings. The van der Waals surface area contributed by atoms with Gasteiger partial charge in [0.05, 0.1) is 6.61 Å². The van der Waals surface area contributed by atoms with Gasteiger partial charge >= 0.3 is 5.97 Å². The molecule has 0 heterocycles. The number of carbonyl (C=O) groups excluding carboxylic acids is 2. The number of rotatable bonds is 11. The van der Waals surface area contributed by atoms with Crippen molar-refractivity contribution < 1.29 is 23.8 Å². The summed E-state index contributed by atoms with van der Waals surface area (Å²) in [7, 11) is 0. The van der Waals surface area contributed by atoms with Crippen molar-refractivity contribution in [2.45, 2.75) is 45.8 Å². The third-order valence-corrected chi connectivity index (χ3v) is 4.27. The molecule has 6 nitrogen and oxygen atoms in total. The van der Waals surface area contributed by atoms with E-state index in [1.54, 1.807) is 31.2 Å². The molecule has 6 heteroatoms. The van der Waals surface area contributed by atoms with E-state index in [1.165, 1.54) is 5.56 Å². The second-order valence-electron chi connectivity index (χ2n) is 6.76. The Morgan fingerprint density at radius 2 is 1.55 bits per heavy atom. The Morgan fingerprint density at radius 1 is 0.931 bits per heavy atom. The van der Waals surface area contributed by atoms with Crippen molar-refractivity contribution in [2.24, 2.45) is 0 Å². The van der Waals surface area contributed by atoms with E-state index >= 15 is 0 Å². The number of benzene rings is 2. The maximum absolute atomic E-state index is 12.2. The van der Waals surface area contributed by atoms with Gasteiger partial charge in [0, 0.05) is 6.04 Å². The first-order valence-corrected chi connectivity index (χ1v) is 9.87. The highest BCUT2D eigenvalue weighted by atomic mass is 16.6. The fourth-order valence-corrected chi connectivity index (χ4v) is 2.69. The predicted octanol–water partition coefficient (Wildman–Crippen LogP) is 3.53. The quantitative estimate of drug-likeness (QED) is 0.585. The molecule has 0 fully saturated rings. The average molecular weight is 399 g/mol. The van der Waals surface area contributed by atoms with Crippen molar-refractivity contribution in [3.8, 4) is 11.5 Å². The van der Waals surface area contributed by atoms with Crippen LogP contribution in [0.25, 0.3) is 0 Å². The van der Waals surface area contributed by atoms with Crippen LogP contribution in [0.5, 0.6) is 11.5 Å². The van der Waals surface area contributed by atoms with Crippen LogP contribution in [0, 0.1) is 0 Å². The molecule has 0 saturated heterocycles. The van der Waals surface area contributed by atoms with Gasteiger partial charge in [0.1, 0.15) is 11.5 Å². The lowest BCUT2D eigenvalue weighted by atomic mass is 10.1. The largest absolute Gasteiger partial charge is 0.494 e. The van der Waals surface area contributed by atoms with Crippen LogP contribution < -0.4 is 14.8 Å². The Hall–Kier alpha value is -3.02. The molecule has 1 N–H and O–H groups in total. The fraction of sp³-hybridized carbons (Fsp3) is 0.391. The highest BCUT2D eigenvalue weighted by molar-refractivity contribution is 5.83. The molecule has 156 valence electrons. The Labute approximate surface area is 172 Å². The van der Waals surface area contributed by atoms with Gasteiger partial charge in [0.15, 0.2) is 12.7 Å². The lowest BCUT2D eigenvalue weighted by Gasteiger charge is -2.18. The predicted molar refractivity (Wildman–Crippen MR) is 111 cm³/mol.